The minimum Gasteiger partial charge on any atom is -0.390 e. The Labute approximate surface area is 71.2 Å². The molecule has 1 aliphatic heterocycles. The second-order valence-electron chi connectivity index (χ2n) is 3.08. The molecule has 2 heterocycles. The SMILES string of the molecule is Cn1nc2c(c1CO)CNCC2. The molecule has 0 aromatic carbocycles. The molecule has 0 bridgehead atoms. The first-order valence-corrected chi connectivity index (χ1v) is 4.18. The molecule has 66 valence electrons. The molecular formula is C8H13N3O. The lowest BCUT2D eigenvalue weighted by atomic mass is 10.1. The van der Waals surface area contributed by atoms with Crippen molar-refractivity contribution in [1.29, 1.82) is 0 Å². The van der Waals surface area contributed by atoms with Gasteiger partial charge in [0.15, 0.2) is 0 Å². The molecule has 0 saturated carbocycles. The molecule has 0 saturated heterocycles. The number of aliphatic hydroxyl groups is 1. The number of hydrogen-bond donors (Lipinski definition) is 2. The van der Waals surface area contributed by atoms with Gasteiger partial charge in [0.05, 0.1) is 18.0 Å². The maximum Gasteiger partial charge on any atom is 0.0853 e. The number of rotatable bonds is 1. The van der Waals surface area contributed by atoms with E-state index in [0.29, 0.717) is 0 Å². The van der Waals surface area contributed by atoms with Crippen molar-refractivity contribution in [2.24, 2.45) is 7.05 Å². The van der Waals surface area contributed by atoms with E-state index in [-0.39, 0.29) is 6.61 Å². The lowest BCUT2D eigenvalue weighted by molar-refractivity contribution is 0.269. The van der Waals surface area contributed by atoms with Crippen LogP contribution in [0.3, 0.4) is 0 Å². The summed E-state index contributed by atoms with van der Waals surface area (Å²) in [5.41, 5.74) is 3.27. The van der Waals surface area contributed by atoms with Gasteiger partial charge in [-0.05, 0) is 0 Å². The molecular weight excluding hydrogens is 154 g/mol. The Hall–Kier alpha value is -0.870. The molecule has 0 aliphatic carbocycles. The van der Waals surface area contributed by atoms with Crippen molar-refractivity contribution in [3.05, 3.63) is 17.0 Å². The molecule has 0 atom stereocenters. The van der Waals surface area contributed by atoms with Crippen LogP contribution in [0.2, 0.25) is 0 Å². The van der Waals surface area contributed by atoms with Crippen molar-refractivity contribution in [3.8, 4) is 0 Å². The Morgan fingerprint density at radius 2 is 2.50 bits per heavy atom. The smallest absolute Gasteiger partial charge is 0.0853 e. The largest absolute Gasteiger partial charge is 0.390 e. The van der Waals surface area contributed by atoms with Gasteiger partial charge in [-0.3, -0.25) is 4.68 Å². The molecule has 0 unspecified atom stereocenters. The maximum absolute atomic E-state index is 9.07. The number of fused-ring (bicyclic) bond motifs is 1. The van der Waals surface area contributed by atoms with Crippen LogP contribution in [0.1, 0.15) is 17.0 Å². The summed E-state index contributed by atoms with van der Waals surface area (Å²) in [7, 11) is 1.88. The van der Waals surface area contributed by atoms with Crippen LogP contribution in [0.15, 0.2) is 0 Å². The van der Waals surface area contributed by atoms with E-state index < -0.39 is 0 Å². The standard InChI is InChI=1S/C8H13N3O/c1-11-8(5-12)6-4-9-3-2-7(6)10-11/h9,12H,2-5H2,1H3. The Morgan fingerprint density at radius 3 is 3.25 bits per heavy atom. The summed E-state index contributed by atoms with van der Waals surface area (Å²) in [5.74, 6) is 0. The molecule has 1 aromatic rings. The van der Waals surface area contributed by atoms with Gasteiger partial charge in [-0.2, -0.15) is 5.10 Å². The average molecular weight is 167 g/mol. The summed E-state index contributed by atoms with van der Waals surface area (Å²) in [5, 5.41) is 16.7. The van der Waals surface area contributed by atoms with E-state index >= 15 is 0 Å². The van der Waals surface area contributed by atoms with E-state index in [2.05, 4.69) is 10.4 Å². The minimum atomic E-state index is 0.0838. The van der Waals surface area contributed by atoms with Crippen molar-refractivity contribution in [3.63, 3.8) is 0 Å². The van der Waals surface area contributed by atoms with Crippen LogP contribution < -0.4 is 5.32 Å². The van der Waals surface area contributed by atoms with Gasteiger partial charge in [-0.15, -0.1) is 0 Å². The molecule has 1 aromatic heterocycles. The molecule has 0 radical (unpaired) electrons. The van der Waals surface area contributed by atoms with Crippen LogP contribution in [0, 0.1) is 0 Å². The van der Waals surface area contributed by atoms with E-state index in [0.717, 1.165) is 30.9 Å². The van der Waals surface area contributed by atoms with Crippen molar-refractivity contribution in [2.45, 2.75) is 19.6 Å². The molecule has 4 nitrogen and oxygen atoms in total. The van der Waals surface area contributed by atoms with Gasteiger partial charge >= 0.3 is 0 Å². The summed E-state index contributed by atoms with van der Waals surface area (Å²) in [6, 6.07) is 0. The van der Waals surface area contributed by atoms with Gasteiger partial charge in [-0.1, -0.05) is 0 Å². The van der Waals surface area contributed by atoms with Crippen LogP contribution in [0.4, 0.5) is 0 Å². The molecule has 0 amide bonds. The quantitative estimate of drug-likeness (QED) is 0.596. The zero-order valence-electron chi connectivity index (χ0n) is 7.17. The van der Waals surface area contributed by atoms with E-state index in [4.69, 9.17) is 5.11 Å². The normalized spacial score (nSPS) is 16.2. The fourth-order valence-corrected chi connectivity index (χ4v) is 1.69. The van der Waals surface area contributed by atoms with Crippen molar-refractivity contribution in [1.82, 2.24) is 15.1 Å². The summed E-state index contributed by atoms with van der Waals surface area (Å²) < 4.78 is 1.78. The predicted octanol–water partition coefficient (Wildman–Crippen LogP) is -0.442. The molecule has 1 aliphatic rings. The molecule has 4 heteroatoms. The third kappa shape index (κ3) is 1.04. The van der Waals surface area contributed by atoms with Gasteiger partial charge in [0.2, 0.25) is 0 Å². The fourth-order valence-electron chi connectivity index (χ4n) is 1.69. The minimum absolute atomic E-state index is 0.0838. The van der Waals surface area contributed by atoms with Gasteiger partial charge in [0.25, 0.3) is 0 Å². The zero-order chi connectivity index (χ0) is 8.55. The lowest BCUT2D eigenvalue weighted by Crippen LogP contribution is -2.23. The number of nitrogens with one attached hydrogen (secondary N) is 1. The fraction of sp³-hybridized carbons (Fsp3) is 0.625. The predicted molar refractivity (Wildman–Crippen MR) is 44.5 cm³/mol. The van der Waals surface area contributed by atoms with Crippen LogP contribution in [-0.2, 0) is 26.6 Å². The van der Waals surface area contributed by atoms with Crippen LogP contribution in [0.25, 0.3) is 0 Å². The highest BCUT2D eigenvalue weighted by Crippen LogP contribution is 2.16. The van der Waals surface area contributed by atoms with Crippen LogP contribution in [0.5, 0.6) is 0 Å². The van der Waals surface area contributed by atoms with E-state index in [1.807, 2.05) is 7.05 Å². The number of nitrogens with zero attached hydrogens (tertiary/aromatic N) is 2. The Kier molecular flexibility index (Phi) is 1.86. The number of aromatic nitrogens is 2. The highest BCUT2D eigenvalue weighted by molar-refractivity contribution is 5.27. The first-order valence-electron chi connectivity index (χ1n) is 4.18. The maximum atomic E-state index is 9.07. The number of aryl methyl sites for hydroxylation is 1. The monoisotopic (exact) mass is 167 g/mol. The van der Waals surface area contributed by atoms with Crippen molar-refractivity contribution < 1.29 is 5.11 Å². The van der Waals surface area contributed by atoms with Crippen molar-refractivity contribution in [2.75, 3.05) is 6.54 Å². The molecule has 2 rings (SSSR count). The van der Waals surface area contributed by atoms with E-state index in [1.54, 1.807) is 4.68 Å². The summed E-state index contributed by atoms with van der Waals surface area (Å²) in [6.07, 6.45) is 0.975. The van der Waals surface area contributed by atoms with Gasteiger partial charge in [0, 0.05) is 32.1 Å². The van der Waals surface area contributed by atoms with Crippen LogP contribution in [-0.4, -0.2) is 21.4 Å². The number of hydrogen-bond acceptors (Lipinski definition) is 3. The Balaban J connectivity index is 2.46. The third-order valence-corrected chi connectivity index (χ3v) is 2.35. The Bertz CT molecular complexity index is 293. The molecule has 0 spiro atoms. The number of aliphatic hydroxyl groups excluding tert-OH is 1. The summed E-state index contributed by atoms with van der Waals surface area (Å²) in [6.45, 7) is 1.93. The topological polar surface area (TPSA) is 50.1 Å². The lowest BCUT2D eigenvalue weighted by Gasteiger charge is -2.11. The highest BCUT2D eigenvalue weighted by Gasteiger charge is 2.17. The second-order valence-corrected chi connectivity index (χ2v) is 3.08. The third-order valence-electron chi connectivity index (χ3n) is 2.35. The van der Waals surface area contributed by atoms with Crippen LogP contribution >= 0.6 is 0 Å². The average Bonchev–Trinajstić information content (AvgIpc) is 2.40. The highest BCUT2D eigenvalue weighted by atomic mass is 16.3. The summed E-state index contributed by atoms with van der Waals surface area (Å²) >= 11 is 0. The van der Waals surface area contributed by atoms with Gasteiger partial charge in [-0.25, -0.2) is 0 Å². The zero-order valence-corrected chi connectivity index (χ0v) is 7.17. The van der Waals surface area contributed by atoms with E-state index in [9.17, 15) is 0 Å². The molecule has 12 heavy (non-hydrogen) atoms. The van der Waals surface area contributed by atoms with Crippen molar-refractivity contribution >= 4 is 0 Å². The molecule has 2 N–H and O–H groups in total. The first kappa shape index (κ1) is 7.76. The summed E-state index contributed by atoms with van der Waals surface area (Å²) in [4.78, 5) is 0. The van der Waals surface area contributed by atoms with Gasteiger partial charge in [0.1, 0.15) is 0 Å². The first-order chi connectivity index (χ1) is 5.83. The second kappa shape index (κ2) is 2.88. The van der Waals surface area contributed by atoms with E-state index in [1.165, 1.54) is 5.56 Å². The van der Waals surface area contributed by atoms with Gasteiger partial charge < -0.3 is 10.4 Å². The molecule has 0 fully saturated rings. The Morgan fingerprint density at radius 1 is 1.67 bits per heavy atom.